The smallest absolute Gasteiger partial charge is 0.319 e. The summed E-state index contributed by atoms with van der Waals surface area (Å²) in [5.41, 5.74) is 2.91. The van der Waals surface area contributed by atoms with Gasteiger partial charge in [0.05, 0.1) is 12.1 Å². The number of carbonyl (C=O) groups excluding carboxylic acids is 3. The number of nitrogens with one attached hydrogen (secondary N) is 3. The van der Waals surface area contributed by atoms with Gasteiger partial charge in [-0.2, -0.15) is 5.10 Å². The Bertz CT molecular complexity index is 1120. The minimum atomic E-state index is -0.432. The molecule has 0 spiro atoms. The van der Waals surface area contributed by atoms with Gasteiger partial charge in [-0.05, 0) is 30.7 Å². The van der Waals surface area contributed by atoms with E-state index in [1.807, 2.05) is 49.4 Å². The van der Waals surface area contributed by atoms with Gasteiger partial charge >= 0.3 is 6.03 Å². The van der Waals surface area contributed by atoms with E-state index in [1.165, 1.54) is 0 Å². The van der Waals surface area contributed by atoms with Crippen LogP contribution in [0.2, 0.25) is 0 Å². The molecule has 4 rings (SSSR count). The highest BCUT2D eigenvalue weighted by molar-refractivity contribution is 6.04. The van der Waals surface area contributed by atoms with Crippen molar-refractivity contribution in [1.29, 1.82) is 0 Å². The third kappa shape index (κ3) is 4.66. The summed E-state index contributed by atoms with van der Waals surface area (Å²) in [6, 6.07) is 14.5. The minimum Gasteiger partial charge on any atom is -0.338 e. The van der Waals surface area contributed by atoms with Crippen LogP contribution in [0.5, 0.6) is 0 Å². The quantitative estimate of drug-likeness (QED) is 0.599. The van der Waals surface area contributed by atoms with Crippen molar-refractivity contribution in [2.75, 3.05) is 38.0 Å². The van der Waals surface area contributed by atoms with Crippen molar-refractivity contribution in [3.63, 3.8) is 0 Å². The molecule has 0 radical (unpaired) electrons. The number of aromatic nitrogens is 2. The predicted molar refractivity (Wildman–Crippen MR) is 117 cm³/mol. The number of H-pyrrole nitrogens is 1. The van der Waals surface area contributed by atoms with Crippen LogP contribution in [0.4, 0.5) is 10.5 Å². The first-order valence-electron chi connectivity index (χ1n) is 10.1. The van der Waals surface area contributed by atoms with Gasteiger partial charge in [0.15, 0.2) is 5.69 Å². The van der Waals surface area contributed by atoms with Crippen LogP contribution in [0.3, 0.4) is 0 Å². The lowest BCUT2D eigenvalue weighted by atomic mass is 10.2. The number of aromatic amines is 1. The molecule has 160 valence electrons. The van der Waals surface area contributed by atoms with Crippen molar-refractivity contribution in [3.8, 4) is 0 Å². The number of para-hydroxylation sites is 1. The molecule has 2 heterocycles. The van der Waals surface area contributed by atoms with Crippen molar-refractivity contribution in [2.24, 2.45) is 0 Å². The van der Waals surface area contributed by atoms with E-state index in [0.29, 0.717) is 37.6 Å². The molecule has 0 unspecified atom stereocenters. The number of benzene rings is 2. The van der Waals surface area contributed by atoms with E-state index in [0.717, 1.165) is 16.5 Å². The topological polar surface area (TPSA) is 110 Å². The fourth-order valence-corrected chi connectivity index (χ4v) is 3.60. The number of nitrogens with zero attached hydrogens (tertiary/aromatic N) is 3. The first-order valence-corrected chi connectivity index (χ1v) is 10.1. The maximum atomic E-state index is 12.8. The molecule has 3 aromatic rings. The first-order chi connectivity index (χ1) is 15.0. The van der Waals surface area contributed by atoms with Crippen molar-refractivity contribution in [1.82, 2.24) is 25.3 Å². The summed E-state index contributed by atoms with van der Waals surface area (Å²) in [6.45, 7) is 3.49. The molecular weight excluding hydrogens is 396 g/mol. The normalized spacial score (nSPS) is 13.8. The monoisotopic (exact) mass is 420 g/mol. The van der Waals surface area contributed by atoms with Gasteiger partial charge in [-0.25, -0.2) is 4.79 Å². The van der Waals surface area contributed by atoms with Gasteiger partial charge in [-0.3, -0.25) is 14.7 Å². The Morgan fingerprint density at radius 1 is 1.00 bits per heavy atom. The average Bonchev–Trinajstić information content (AvgIpc) is 3.21. The summed E-state index contributed by atoms with van der Waals surface area (Å²) >= 11 is 0. The molecule has 0 atom stereocenters. The maximum absolute atomic E-state index is 12.8. The number of piperazine rings is 1. The molecule has 4 amide bonds. The predicted octanol–water partition coefficient (Wildman–Crippen LogP) is 1.98. The lowest BCUT2D eigenvalue weighted by Gasteiger charge is -2.34. The Morgan fingerprint density at radius 3 is 2.52 bits per heavy atom. The third-order valence-electron chi connectivity index (χ3n) is 5.27. The van der Waals surface area contributed by atoms with Crippen LogP contribution in [0.25, 0.3) is 10.9 Å². The van der Waals surface area contributed by atoms with Crippen molar-refractivity contribution < 1.29 is 14.4 Å². The van der Waals surface area contributed by atoms with E-state index < -0.39 is 6.03 Å². The molecule has 3 N–H and O–H groups in total. The molecule has 31 heavy (non-hydrogen) atoms. The summed E-state index contributed by atoms with van der Waals surface area (Å²) < 4.78 is 0. The van der Waals surface area contributed by atoms with E-state index >= 15 is 0 Å². The number of fused-ring (bicyclic) bond motifs is 1. The van der Waals surface area contributed by atoms with E-state index in [4.69, 9.17) is 0 Å². The van der Waals surface area contributed by atoms with Gasteiger partial charge in [-0.1, -0.05) is 30.3 Å². The first kappa shape index (κ1) is 20.4. The number of urea groups is 1. The lowest BCUT2D eigenvalue weighted by Crippen LogP contribution is -2.52. The molecule has 0 aliphatic carbocycles. The number of aryl methyl sites for hydroxylation is 1. The summed E-state index contributed by atoms with van der Waals surface area (Å²) in [5, 5.41) is 13.1. The van der Waals surface area contributed by atoms with Crippen LogP contribution in [-0.4, -0.2) is 70.6 Å². The van der Waals surface area contributed by atoms with Crippen LogP contribution < -0.4 is 10.6 Å². The molecule has 0 saturated carbocycles. The van der Waals surface area contributed by atoms with Gasteiger partial charge in [-0.15, -0.1) is 0 Å². The molecule has 1 aliphatic rings. The maximum Gasteiger partial charge on any atom is 0.319 e. The molecule has 9 heteroatoms. The van der Waals surface area contributed by atoms with E-state index in [1.54, 1.807) is 15.9 Å². The molecular formula is C22H24N6O3. The van der Waals surface area contributed by atoms with Gasteiger partial charge in [0.1, 0.15) is 0 Å². The van der Waals surface area contributed by atoms with Crippen LogP contribution in [0.1, 0.15) is 16.1 Å². The lowest BCUT2D eigenvalue weighted by molar-refractivity contribution is -0.131. The Labute approximate surface area is 179 Å². The number of hydrogen-bond donors (Lipinski definition) is 3. The van der Waals surface area contributed by atoms with Crippen LogP contribution in [-0.2, 0) is 4.79 Å². The van der Waals surface area contributed by atoms with E-state index in [9.17, 15) is 14.4 Å². The largest absolute Gasteiger partial charge is 0.338 e. The summed E-state index contributed by atoms with van der Waals surface area (Å²) in [4.78, 5) is 40.7. The molecule has 1 fully saturated rings. The number of hydrogen-bond acceptors (Lipinski definition) is 4. The molecule has 1 aliphatic heterocycles. The SMILES string of the molecule is Cc1cccc(NC(=O)NCC(=O)N2CCN(C(=O)c3n[nH]c4ccccc34)CC2)c1. The summed E-state index contributed by atoms with van der Waals surface area (Å²) in [6.07, 6.45) is 0. The highest BCUT2D eigenvalue weighted by Crippen LogP contribution is 2.17. The van der Waals surface area contributed by atoms with Crippen molar-refractivity contribution in [3.05, 3.63) is 59.8 Å². The molecule has 9 nitrogen and oxygen atoms in total. The molecule has 2 aromatic carbocycles. The van der Waals surface area contributed by atoms with E-state index in [-0.39, 0.29) is 18.4 Å². The van der Waals surface area contributed by atoms with Crippen LogP contribution in [0.15, 0.2) is 48.5 Å². The zero-order valence-electron chi connectivity index (χ0n) is 17.2. The van der Waals surface area contributed by atoms with Crippen LogP contribution >= 0.6 is 0 Å². The Morgan fingerprint density at radius 2 is 1.74 bits per heavy atom. The molecule has 0 bridgehead atoms. The van der Waals surface area contributed by atoms with Crippen molar-refractivity contribution in [2.45, 2.75) is 6.92 Å². The fraction of sp³-hybridized carbons (Fsp3) is 0.273. The van der Waals surface area contributed by atoms with Crippen LogP contribution in [0, 0.1) is 6.92 Å². The standard InChI is InChI=1S/C22H24N6O3/c1-15-5-4-6-16(13-15)24-22(31)23-14-19(29)27-9-11-28(12-10-27)21(30)20-17-7-2-3-8-18(17)25-26-20/h2-8,13H,9-12,14H2,1H3,(H,25,26)(H2,23,24,31). The Hall–Kier alpha value is -3.88. The highest BCUT2D eigenvalue weighted by atomic mass is 16.2. The number of anilines is 1. The van der Waals surface area contributed by atoms with Gasteiger partial charge in [0, 0.05) is 37.3 Å². The number of amides is 4. The molecule has 1 aromatic heterocycles. The van der Waals surface area contributed by atoms with Gasteiger partial charge in [0.25, 0.3) is 5.91 Å². The second-order valence-electron chi connectivity index (χ2n) is 7.47. The fourth-order valence-electron chi connectivity index (χ4n) is 3.60. The zero-order chi connectivity index (χ0) is 21.8. The molecule has 1 saturated heterocycles. The third-order valence-corrected chi connectivity index (χ3v) is 5.27. The Balaban J connectivity index is 1.26. The number of carbonyl (C=O) groups is 3. The highest BCUT2D eigenvalue weighted by Gasteiger charge is 2.27. The number of rotatable bonds is 4. The zero-order valence-corrected chi connectivity index (χ0v) is 17.2. The summed E-state index contributed by atoms with van der Waals surface area (Å²) in [7, 11) is 0. The summed E-state index contributed by atoms with van der Waals surface area (Å²) in [5.74, 6) is -0.336. The average molecular weight is 420 g/mol. The van der Waals surface area contributed by atoms with E-state index in [2.05, 4.69) is 20.8 Å². The van der Waals surface area contributed by atoms with Gasteiger partial charge < -0.3 is 20.4 Å². The second-order valence-corrected chi connectivity index (χ2v) is 7.47. The van der Waals surface area contributed by atoms with Gasteiger partial charge in [0.2, 0.25) is 5.91 Å². The van der Waals surface area contributed by atoms with Crippen molar-refractivity contribution >= 4 is 34.4 Å². The Kier molecular flexibility index (Phi) is 5.83. The second kappa shape index (κ2) is 8.86. The minimum absolute atomic E-state index is 0.102.